The number of nitrogens with one attached hydrogen (secondary N) is 1. The largest absolute Gasteiger partial charge is 0.508 e. The Kier molecular flexibility index (Phi) is 10.1. The first-order valence-electron chi connectivity index (χ1n) is 11.8. The Morgan fingerprint density at radius 2 is 1.62 bits per heavy atom. The van der Waals surface area contributed by atoms with Crippen molar-refractivity contribution in [3.05, 3.63) is 53.6 Å². The zero-order chi connectivity index (χ0) is 22.6. The monoisotopic (exact) mass is 442 g/mol. The number of hydrogen-bond acceptors (Lipinski definition) is 6. The molecule has 176 valence electrons. The van der Waals surface area contributed by atoms with Gasteiger partial charge in [-0.15, -0.1) is 0 Å². The summed E-state index contributed by atoms with van der Waals surface area (Å²) < 4.78 is 11.4. The summed E-state index contributed by atoms with van der Waals surface area (Å²) in [4.78, 5) is 2.36. The molecule has 0 bridgehead atoms. The highest BCUT2D eigenvalue weighted by molar-refractivity contribution is 5.43. The summed E-state index contributed by atoms with van der Waals surface area (Å²) in [6.07, 6.45) is 6.70. The number of rotatable bonds is 11. The zero-order valence-electron chi connectivity index (χ0n) is 19.3. The molecule has 1 heterocycles. The van der Waals surface area contributed by atoms with Gasteiger partial charge in [0.15, 0.2) is 11.5 Å². The summed E-state index contributed by atoms with van der Waals surface area (Å²) in [6, 6.07) is 13.2. The molecule has 1 unspecified atom stereocenters. The molecule has 1 fully saturated rings. The van der Waals surface area contributed by atoms with E-state index in [1.165, 1.54) is 37.7 Å². The van der Waals surface area contributed by atoms with Gasteiger partial charge >= 0.3 is 0 Å². The Labute approximate surface area is 192 Å². The minimum atomic E-state index is -0.522. The van der Waals surface area contributed by atoms with E-state index in [4.69, 9.17) is 9.47 Å². The van der Waals surface area contributed by atoms with Crippen LogP contribution in [0.25, 0.3) is 0 Å². The molecule has 0 aliphatic carbocycles. The van der Waals surface area contributed by atoms with Crippen molar-refractivity contribution in [1.29, 1.82) is 0 Å². The van der Waals surface area contributed by atoms with Gasteiger partial charge in [0, 0.05) is 13.1 Å². The molecule has 1 saturated heterocycles. The van der Waals surface area contributed by atoms with Crippen molar-refractivity contribution in [3.8, 4) is 17.2 Å². The van der Waals surface area contributed by atoms with E-state index in [0.717, 1.165) is 38.2 Å². The molecule has 6 nitrogen and oxygen atoms in total. The number of β-amino-alcohol motifs (C(OH)–C–C–N with tert-alkyl or cyclic N) is 1. The number of aromatic hydroxyl groups is 1. The molecule has 0 aromatic heterocycles. The van der Waals surface area contributed by atoms with E-state index in [9.17, 15) is 10.2 Å². The van der Waals surface area contributed by atoms with Crippen LogP contribution in [0.3, 0.4) is 0 Å². The van der Waals surface area contributed by atoms with Gasteiger partial charge in [-0.05, 0) is 74.3 Å². The third kappa shape index (κ3) is 8.34. The third-order valence-corrected chi connectivity index (χ3v) is 5.93. The average Bonchev–Trinajstić information content (AvgIpc) is 2.78. The van der Waals surface area contributed by atoms with Crippen LogP contribution >= 0.6 is 0 Å². The Morgan fingerprint density at radius 1 is 0.938 bits per heavy atom. The van der Waals surface area contributed by atoms with Crippen LogP contribution in [0.15, 0.2) is 42.5 Å². The summed E-state index contributed by atoms with van der Waals surface area (Å²) in [5, 5.41) is 23.3. The van der Waals surface area contributed by atoms with Crippen molar-refractivity contribution in [2.45, 2.75) is 51.2 Å². The lowest BCUT2D eigenvalue weighted by Crippen LogP contribution is -2.37. The summed E-state index contributed by atoms with van der Waals surface area (Å²) in [5.74, 6) is 1.63. The third-order valence-electron chi connectivity index (χ3n) is 5.93. The van der Waals surface area contributed by atoms with Crippen molar-refractivity contribution in [3.63, 3.8) is 0 Å². The van der Waals surface area contributed by atoms with Gasteiger partial charge < -0.3 is 29.9 Å². The van der Waals surface area contributed by atoms with Crippen molar-refractivity contribution in [1.82, 2.24) is 10.2 Å². The minimum Gasteiger partial charge on any atom is -0.508 e. The highest BCUT2D eigenvalue weighted by atomic mass is 16.5. The van der Waals surface area contributed by atoms with Crippen LogP contribution in [-0.4, -0.2) is 61.1 Å². The number of ether oxygens (including phenoxy) is 2. The number of phenolic OH excluding ortho intramolecular Hbond substituents is 1. The number of benzene rings is 2. The molecule has 1 atom stereocenters. The van der Waals surface area contributed by atoms with Gasteiger partial charge in [0.2, 0.25) is 0 Å². The number of hydrogen-bond donors (Lipinski definition) is 3. The second-order valence-corrected chi connectivity index (χ2v) is 8.61. The first-order valence-corrected chi connectivity index (χ1v) is 11.8. The van der Waals surface area contributed by atoms with Crippen LogP contribution in [0.2, 0.25) is 0 Å². The Bertz CT molecular complexity index is 789. The standard InChI is InChI=1S/C26H38N2O4/c1-31-25-12-9-22(18-27-14-13-21-7-10-23(29)11-8-21)17-26(25)32-20-24(30)19-28-15-5-3-2-4-6-16-28/h7-12,17,24,27,29-30H,2-6,13-16,18-20H2,1H3. The number of aliphatic hydroxyl groups excluding tert-OH is 1. The molecule has 6 heteroatoms. The zero-order valence-corrected chi connectivity index (χ0v) is 19.3. The van der Waals surface area contributed by atoms with E-state index < -0.39 is 6.10 Å². The fourth-order valence-electron chi connectivity index (χ4n) is 4.10. The number of aliphatic hydroxyl groups is 1. The summed E-state index contributed by atoms with van der Waals surface area (Å²) in [7, 11) is 1.63. The minimum absolute atomic E-state index is 0.255. The van der Waals surface area contributed by atoms with Gasteiger partial charge in [-0.1, -0.05) is 37.5 Å². The molecular weight excluding hydrogens is 404 g/mol. The number of nitrogens with zero attached hydrogens (tertiary/aromatic N) is 1. The van der Waals surface area contributed by atoms with Crippen LogP contribution in [-0.2, 0) is 13.0 Å². The Balaban J connectivity index is 1.45. The van der Waals surface area contributed by atoms with Gasteiger partial charge in [0.05, 0.1) is 7.11 Å². The number of methoxy groups -OCH3 is 1. The molecule has 3 N–H and O–H groups in total. The van der Waals surface area contributed by atoms with Crippen LogP contribution in [0.5, 0.6) is 17.2 Å². The van der Waals surface area contributed by atoms with Crippen LogP contribution in [0.1, 0.15) is 43.2 Å². The van der Waals surface area contributed by atoms with E-state index in [1.54, 1.807) is 19.2 Å². The van der Waals surface area contributed by atoms with Crippen LogP contribution in [0, 0.1) is 0 Å². The Hall–Kier alpha value is -2.28. The predicted octanol–water partition coefficient (Wildman–Crippen LogP) is 3.74. The maximum atomic E-state index is 10.5. The fraction of sp³-hybridized carbons (Fsp3) is 0.538. The summed E-state index contributed by atoms with van der Waals surface area (Å²) >= 11 is 0. The molecule has 1 aliphatic rings. The van der Waals surface area contributed by atoms with Crippen molar-refractivity contribution < 1.29 is 19.7 Å². The summed E-state index contributed by atoms with van der Waals surface area (Å²) in [6.45, 7) is 4.58. The first-order chi connectivity index (χ1) is 15.6. The lowest BCUT2D eigenvalue weighted by atomic mass is 10.1. The number of likely N-dealkylation sites (tertiary alicyclic amines) is 1. The molecule has 0 radical (unpaired) electrons. The van der Waals surface area contributed by atoms with Crippen molar-refractivity contribution >= 4 is 0 Å². The fourth-order valence-corrected chi connectivity index (χ4v) is 4.10. The van der Waals surface area contributed by atoms with Crippen molar-refractivity contribution in [2.75, 3.05) is 39.9 Å². The molecule has 3 rings (SSSR count). The molecular formula is C26H38N2O4. The number of phenols is 1. The Morgan fingerprint density at radius 3 is 2.34 bits per heavy atom. The van der Waals surface area contributed by atoms with Crippen LogP contribution in [0.4, 0.5) is 0 Å². The topological polar surface area (TPSA) is 74.2 Å². The van der Waals surface area contributed by atoms with Crippen LogP contribution < -0.4 is 14.8 Å². The molecule has 2 aromatic rings. The average molecular weight is 443 g/mol. The van der Waals surface area contributed by atoms with Gasteiger partial charge in [-0.3, -0.25) is 0 Å². The van der Waals surface area contributed by atoms with E-state index >= 15 is 0 Å². The lowest BCUT2D eigenvalue weighted by molar-refractivity contribution is 0.0644. The summed E-state index contributed by atoms with van der Waals surface area (Å²) in [5.41, 5.74) is 2.29. The van der Waals surface area contributed by atoms with E-state index in [1.807, 2.05) is 30.3 Å². The second-order valence-electron chi connectivity index (χ2n) is 8.61. The second kappa shape index (κ2) is 13.3. The quantitative estimate of drug-likeness (QED) is 0.461. The first kappa shape index (κ1) is 24.4. The van der Waals surface area contributed by atoms with Gasteiger partial charge in [0.25, 0.3) is 0 Å². The normalized spacial score (nSPS) is 16.2. The molecule has 2 aromatic carbocycles. The molecule has 0 saturated carbocycles. The van der Waals surface area contributed by atoms with Crippen molar-refractivity contribution in [2.24, 2.45) is 0 Å². The molecule has 1 aliphatic heterocycles. The van der Waals surface area contributed by atoms with E-state index in [2.05, 4.69) is 10.2 Å². The highest BCUT2D eigenvalue weighted by Crippen LogP contribution is 2.28. The molecule has 32 heavy (non-hydrogen) atoms. The SMILES string of the molecule is COc1ccc(CNCCc2ccc(O)cc2)cc1OCC(O)CN1CCCCCCC1. The van der Waals surface area contributed by atoms with Gasteiger partial charge in [-0.2, -0.15) is 0 Å². The lowest BCUT2D eigenvalue weighted by Gasteiger charge is -2.26. The molecule has 0 spiro atoms. The van der Waals surface area contributed by atoms with E-state index in [-0.39, 0.29) is 6.61 Å². The predicted molar refractivity (Wildman–Crippen MR) is 128 cm³/mol. The van der Waals surface area contributed by atoms with Gasteiger partial charge in [-0.25, -0.2) is 0 Å². The van der Waals surface area contributed by atoms with Gasteiger partial charge in [0.1, 0.15) is 18.5 Å². The maximum absolute atomic E-state index is 10.5. The van der Waals surface area contributed by atoms with E-state index in [0.29, 0.717) is 23.8 Å². The maximum Gasteiger partial charge on any atom is 0.161 e. The molecule has 0 amide bonds. The smallest absolute Gasteiger partial charge is 0.161 e. The highest BCUT2D eigenvalue weighted by Gasteiger charge is 2.15.